The van der Waals surface area contributed by atoms with E-state index in [0.717, 1.165) is 0 Å². The van der Waals surface area contributed by atoms with Crippen LogP contribution in [0.25, 0.3) is 0 Å². The maximum atomic E-state index is 4.86. The first-order valence-electron chi connectivity index (χ1n) is 3.62. The zero-order chi connectivity index (χ0) is 10.0. The van der Waals surface area contributed by atoms with E-state index in [1.54, 1.807) is 28.4 Å². The van der Waals surface area contributed by atoms with Crippen LogP contribution in [0, 0.1) is 0 Å². The van der Waals surface area contributed by atoms with E-state index in [0.29, 0.717) is 6.79 Å². The van der Waals surface area contributed by atoms with Crippen LogP contribution in [0.3, 0.4) is 0 Å². The summed E-state index contributed by atoms with van der Waals surface area (Å²) in [6.07, 6.45) is 0. The Morgan fingerprint density at radius 1 is 0.846 bits per heavy atom. The fraction of sp³-hybridized carbons (Fsp3) is 1.00. The molecule has 0 unspecified atom stereocenters. The summed E-state index contributed by atoms with van der Waals surface area (Å²) in [5.41, 5.74) is 0. The Kier molecular flexibility index (Phi) is 16.9. The van der Waals surface area contributed by atoms with Gasteiger partial charge in [-0.25, -0.2) is 0 Å². The molecule has 4 heteroatoms. The molecule has 0 aliphatic carbocycles. The molecule has 0 fully saturated rings. The van der Waals surface area contributed by atoms with Crippen LogP contribution in [0.4, 0.5) is 0 Å². The Bertz CT molecular complexity index is 75.7. The molecule has 0 rings (SSSR count). The van der Waals surface area contributed by atoms with Crippen LogP contribution in [0.15, 0.2) is 0 Å². The smallest absolute Gasteiger partial charge is 0.161 e. The second kappa shape index (κ2) is 11.8. The van der Waals surface area contributed by atoms with Crippen LogP contribution < -0.4 is 0 Å². The Morgan fingerprint density at radius 2 is 1.15 bits per heavy atom. The van der Waals surface area contributed by atoms with Gasteiger partial charge in [-0.3, -0.25) is 0 Å². The van der Waals surface area contributed by atoms with E-state index in [-0.39, 0.29) is 7.43 Å². The van der Waals surface area contributed by atoms with E-state index in [1.165, 1.54) is 0 Å². The normalized spacial score (nSPS) is 9.69. The van der Waals surface area contributed by atoms with Crippen molar-refractivity contribution in [1.82, 2.24) is 0 Å². The van der Waals surface area contributed by atoms with E-state index in [1.807, 2.05) is 13.8 Å². The number of ether oxygens (including phenoxy) is 4. The van der Waals surface area contributed by atoms with Gasteiger partial charge in [-0.05, 0) is 13.8 Å². The van der Waals surface area contributed by atoms with Crippen molar-refractivity contribution in [3.63, 3.8) is 0 Å². The number of methoxy groups -OCH3 is 4. The molecule has 0 spiro atoms. The minimum atomic E-state index is -0.417. The van der Waals surface area contributed by atoms with Gasteiger partial charge in [0.15, 0.2) is 5.79 Å². The molecule has 0 bridgehead atoms. The van der Waals surface area contributed by atoms with Crippen LogP contribution >= 0.6 is 0 Å². The lowest BCUT2D eigenvalue weighted by Crippen LogP contribution is -2.24. The summed E-state index contributed by atoms with van der Waals surface area (Å²) in [4.78, 5) is 0. The van der Waals surface area contributed by atoms with Crippen LogP contribution in [-0.4, -0.2) is 41.0 Å². The van der Waals surface area contributed by atoms with Crippen molar-refractivity contribution < 1.29 is 18.9 Å². The maximum Gasteiger partial charge on any atom is 0.161 e. The van der Waals surface area contributed by atoms with E-state index in [2.05, 4.69) is 9.47 Å². The third-order valence-electron chi connectivity index (χ3n) is 1.22. The van der Waals surface area contributed by atoms with Gasteiger partial charge < -0.3 is 18.9 Å². The summed E-state index contributed by atoms with van der Waals surface area (Å²) >= 11 is 0. The molecular formula is C9H24O4. The molecule has 0 atom stereocenters. The summed E-state index contributed by atoms with van der Waals surface area (Å²) in [7, 11) is 6.40. The van der Waals surface area contributed by atoms with Gasteiger partial charge in [0.2, 0.25) is 0 Å². The van der Waals surface area contributed by atoms with E-state index in [4.69, 9.17) is 9.47 Å². The lowest BCUT2D eigenvalue weighted by molar-refractivity contribution is -0.178. The Balaban J connectivity index is -0.000000150. The molecule has 0 aliphatic heterocycles. The molecule has 0 aromatic heterocycles. The molecule has 0 saturated heterocycles. The SMILES string of the molecule is C.COC(C)(C)OC.COCOC. The predicted octanol–water partition coefficient (Wildman–Crippen LogP) is 1.89. The number of hydrogen-bond acceptors (Lipinski definition) is 4. The first-order chi connectivity index (χ1) is 5.54. The first-order valence-corrected chi connectivity index (χ1v) is 3.62. The molecule has 0 amide bonds. The second-order valence-corrected chi connectivity index (χ2v) is 2.50. The van der Waals surface area contributed by atoms with E-state index >= 15 is 0 Å². The topological polar surface area (TPSA) is 36.9 Å². The third-order valence-corrected chi connectivity index (χ3v) is 1.22. The summed E-state index contributed by atoms with van der Waals surface area (Å²) in [5.74, 6) is -0.417. The Hall–Kier alpha value is -0.160. The van der Waals surface area contributed by atoms with Gasteiger partial charge in [0.25, 0.3) is 0 Å². The summed E-state index contributed by atoms with van der Waals surface area (Å²) in [5, 5.41) is 0. The molecule has 0 aromatic rings. The fourth-order valence-corrected chi connectivity index (χ4v) is 0.201. The molecule has 0 heterocycles. The highest BCUT2D eigenvalue weighted by molar-refractivity contribution is 4.47. The predicted molar refractivity (Wildman–Crippen MR) is 53.7 cm³/mol. The fourth-order valence-electron chi connectivity index (χ4n) is 0.201. The molecule has 0 N–H and O–H groups in total. The van der Waals surface area contributed by atoms with Crippen molar-refractivity contribution in [3.8, 4) is 0 Å². The highest BCUT2D eigenvalue weighted by Crippen LogP contribution is 2.05. The monoisotopic (exact) mass is 196 g/mol. The van der Waals surface area contributed by atoms with Crippen molar-refractivity contribution in [3.05, 3.63) is 0 Å². The number of hydrogen-bond donors (Lipinski definition) is 0. The summed E-state index contributed by atoms with van der Waals surface area (Å²) in [6.45, 7) is 4.10. The highest BCUT2D eigenvalue weighted by Gasteiger charge is 2.11. The van der Waals surface area contributed by atoms with Crippen LogP contribution in [0.1, 0.15) is 21.3 Å². The Morgan fingerprint density at radius 3 is 1.15 bits per heavy atom. The van der Waals surface area contributed by atoms with Crippen molar-refractivity contribution in [2.45, 2.75) is 27.1 Å². The Labute approximate surface area is 82.1 Å². The maximum absolute atomic E-state index is 4.86. The molecule has 0 aromatic carbocycles. The summed E-state index contributed by atoms with van der Waals surface area (Å²) in [6, 6.07) is 0. The van der Waals surface area contributed by atoms with Gasteiger partial charge in [0.05, 0.1) is 0 Å². The third kappa shape index (κ3) is 18.7. The first kappa shape index (κ1) is 18.6. The zero-order valence-corrected chi connectivity index (χ0v) is 8.84. The largest absolute Gasteiger partial charge is 0.359 e. The minimum Gasteiger partial charge on any atom is -0.359 e. The van der Waals surface area contributed by atoms with Gasteiger partial charge in [-0.15, -0.1) is 0 Å². The molecule has 0 radical (unpaired) electrons. The van der Waals surface area contributed by atoms with Crippen molar-refractivity contribution >= 4 is 0 Å². The van der Waals surface area contributed by atoms with Crippen LogP contribution in [0.2, 0.25) is 0 Å². The van der Waals surface area contributed by atoms with Gasteiger partial charge >= 0.3 is 0 Å². The van der Waals surface area contributed by atoms with Crippen molar-refractivity contribution in [2.75, 3.05) is 35.2 Å². The van der Waals surface area contributed by atoms with Crippen LogP contribution in [-0.2, 0) is 18.9 Å². The van der Waals surface area contributed by atoms with Gasteiger partial charge in [0, 0.05) is 28.4 Å². The lowest BCUT2D eigenvalue weighted by Gasteiger charge is -2.19. The summed E-state index contributed by atoms with van der Waals surface area (Å²) < 4.78 is 18.7. The molecule has 13 heavy (non-hydrogen) atoms. The van der Waals surface area contributed by atoms with Gasteiger partial charge in [-0.2, -0.15) is 0 Å². The van der Waals surface area contributed by atoms with Gasteiger partial charge in [0.1, 0.15) is 6.79 Å². The highest BCUT2D eigenvalue weighted by atomic mass is 16.7. The number of rotatable bonds is 4. The van der Waals surface area contributed by atoms with Crippen LogP contribution in [0.5, 0.6) is 0 Å². The molecule has 4 nitrogen and oxygen atoms in total. The van der Waals surface area contributed by atoms with E-state index < -0.39 is 5.79 Å². The standard InChI is InChI=1S/C5H12O2.C3H8O2.CH4/c1-5(2,6-3)7-4;1-4-3-5-2;/h1-4H3;3H2,1-2H3;1H4. The quantitative estimate of drug-likeness (QED) is 0.643. The molecule has 0 aliphatic rings. The average molecular weight is 196 g/mol. The lowest BCUT2D eigenvalue weighted by atomic mass is 10.4. The second-order valence-electron chi connectivity index (χ2n) is 2.50. The zero-order valence-electron chi connectivity index (χ0n) is 8.84. The average Bonchev–Trinajstić information content (AvgIpc) is 2.07. The van der Waals surface area contributed by atoms with Crippen molar-refractivity contribution in [2.24, 2.45) is 0 Å². The van der Waals surface area contributed by atoms with Gasteiger partial charge in [-0.1, -0.05) is 7.43 Å². The van der Waals surface area contributed by atoms with Crippen molar-refractivity contribution in [1.29, 1.82) is 0 Å². The molecular weight excluding hydrogens is 172 g/mol. The van der Waals surface area contributed by atoms with E-state index in [9.17, 15) is 0 Å². The molecule has 0 saturated carbocycles. The molecule has 84 valence electrons. The minimum absolute atomic E-state index is 0.